The summed E-state index contributed by atoms with van der Waals surface area (Å²) in [6, 6.07) is 11.3. The van der Waals surface area contributed by atoms with Crippen molar-refractivity contribution < 1.29 is 32.2 Å². The molecule has 0 unspecified atom stereocenters. The molecule has 0 aliphatic carbocycles. The van der Waals surface area contributed by atoms with Crippen molar-refractivity contribution in [2.75, 3.05) is 20.3 Å². The molecule has 0 radical (unpaired) electrons. The Bertz CT molecular complexity index is 808. The number of rotatable bonds is 8. The number of amides is 2. The van der Waals surface area contributed by atoms with E-state index in [1.165, 1.54) is 19.2 Å². The third kappa shape index (κ3) is 6.82. The zero-order valence-electron chi connectivity index (χ0n) is 15.0. The number of alkyl halides is 3. The summed E-state index contributed by atoms with van der Waals surface area (Å²) in [7, 11) is 1.53. The van der Waals surface area contributed by atoms with Gasteiger partial charge in [-0.1, -0.05) is 12.1 Å². The highest BCUT2D eigenvalue weighted by Crippen LogP contribution is 2.29. The Labute approximate surface area is 159 Å². The highest BCUT2D eigenvalue weighted by atomic mass is 19.4. The van der Waals surface area contributed by atoms with Gasteiger partial charge >= 0.3 is 6.18 Å². The van der Waals surface area contributed by atoms with E-state index < -0.39 is 23.6 Å². The Hall–Kier alpha value is -3.23. The Morgan fingerprint density at radius 1 is 0.964 bits per heavy atom. The van der Waals surface area contributed by atoms with E-state index in [1.54, 1.807) is 24.3 Å². The van der Waals surface area contributed by atoms with Crippen molar-refractivity contribution in [3.8, 4) is 11.5 Å². The van der Waals surface area contributed by atoms with Crippen LogP contribution in [0.3, 0.4) is 0 Å². The first-order chi connectivity index (χ1) is 13.3. The highest BCUT2D eigenvalue weighted by Gasteiger charge is 2.30. The van der Waals surface area contributed by atoms with Gasteiger partial charge in [-0.15, -0.1) is 0 Å². The minimum absolute atomic E-state index is 0.0824. The molecule has 28 heavy (non-hydrogen) atoms. The van der Waals surface area contributed by atoms with Crippen LogP contribution in [0.1, 0.15) is 11.1 Å². The van der Waals surface area contributed by atoms with Crippen molar-refractivity contribution in [3.05, 3.63) is 59.7 Å². The number of benzene rings is 2. The second-order valence-electron chi connectivity index (χ2n) is 5.72. The van der Waals surface area contributed by atoms with E-state index in [2.05, 4.69) is 10.6 Å². The van der Waals surface area contributed by atoms with Gasteiger partial charge in [0, 0.05) is 6.54 Å². The maximum absolute atomic E-state index is 12.7. The Kier molecular flexibility index (Phi) is 7.25. The fraction of sp³-hybridized carbons (Fsp3) is 0.263. The quantitative estimate of drug-likeness (QED) is 0.719. The topological polar surface area (TPSA) is 76.7 Å². The van der Waals surface area contributed by atoms with Gasteiger partial charge in [0.25, 0.3) is 5.91 Å². The molecule has 0 saturated heterocycles. The number of ether oxygens (including phenoxy) is 2. The van der Waals surface area contributed by atoms with Gasteiger partial charge < -0.3 is 20.1 Å². The molecule has 0 bridgehead atoms. The first kappa shape index (κ1) is 21.1. The van der Waals surface area contributed by atoms with Crippen molar-refractivity contribution >= 4 is 11.8 Å². The van der Waals surface area contributed by atoms with Crippen LogP contribution in [-0.2, 0) is 22.3 Å². The Morgan fingerprint density at radius 2 is 1.64 bits per heavy atom. The molecule has 2 aromatic rings. The van der Waals surface area contributed by atoms with Crippen LogP contribution in [-0.4, -0.2) is 32.1 Å². The lowest BCUT2D eigenvalue weighted by Crippen LogP contribution is -2.38. The molecular weight excluding hydrogens is 377 g/mol. The summed E-state index contributed by atoms with van der Waals surface area (Å²) in [6.45, 7) is -0.683. The molecule has 2 amide bonds. The van der Waals surface area contributed by atoms with Crippen molar-refractivity contribution in [2.24, 2.45) is 0 Å². The monoisotopic (exact) mass is 396 g/mol. The van der Waals surface area contributed by atoms with E-state index in [9.17, 15) is 22.8 Å². The summed E-state index contributed by atoms with van der Waals surface area (Å²) in [6.07, 6.45) is -4.45. The molecule has 0 aromatic heterocycles. The van der Waals surface area contributed by atoms with Gasteiger partial charge in [-0.25, -0.2) is 0 Å². The summed E-state index contributed by atoms with van der Waals surface area (Å²) < 4.78 is 48.2. The van der Waals surface area contributed by atoms with E-state index in [4.69, 9.17) is 9.47 Å². The first-order valence-electron chi connectivity index (χ1n) is 8.24. The van der Waals surface area contributed by atoms with Crippen LogP contribution in [0.25, 0.3) is 0 Å². The van der Waals surface area contributed by atoms with Gasteiger partial charge in [-0.2, -0.15) is 13.2 Å². The molecule has 0 atom stereocenters. The molecular formula is C19H19F3N2O4. The molecule has 2 aromatic carbocycles. The predicted molar refractivity (Wildman–Crippen MR) is 94.8 cm³/mol. The molecule has 0 spiro atoms. The van der Waals surface area contributed by atoms with E-state index in [0.717, 1.165) is 12.1 Å². The number of halogens is 3. The maximum atomic E-state index is 12.7. The minimum atomic E-state index is -4.45. The number of nitrogens with one attached hydrogen (secondary N) is 2. The molecule has 9 heteroatoms. The zero-order chi connectivity index (χ0) is 20.6. The first-order valence-corrected chi connectivity index (χ1v) is 8.24. The van der Waals surface area contributed by atoms with Crippen molar-refractivity contribution in [3.63, 3.8) is 0 Å². The van der Waals surface area contributed by atoms with Crippen LogP contribution < -0.4 is 20.1 Å². The van der Waals surface area contributed by atoms with E-state index in [1.807, 2.05) is 0 Å². The van der Waals surface area contributed by atoms with Gasteiger partial charge in [0.2, 0.25) is 5.91 Å². The van der Waals surface area contributed by atoms with E-state index in [-0.39, 0.29) is 19.7 Å². The fourth-order valence-electron chi connectivity index (χ4n) is 2.17. The van der Waals surface area contributed by atoms with Crippen LogP contribution >= 0.6 is 0 Å². The number of hydrogen-bond acceptors (Lipinski definition) is 4. The summed E-state index contributed by atoms with van der Waals surface area (Å²) in [5, 5.41) is 4.81. The van der Waals surface area contributed by atoms with Crippen molar-refractivity contribution in [1.29, 1.82) is 0 Å². The van der Waals surface area contributed by atoms with Gasteiger partial charge in [0.15, 0.2) is 6.61 Å². The second kappa shape index (κ2) is 9.63. The molecule has 2 rings (SSSR count). The lowest BCUT2D eigenvalue weighted by atomic mass is 10.1. The minimum Gasteiger partial charge on any atom is -0.497 e. The summed E-state index contributed by atoms with van der Waals surface area (Å²) >= 11 is 0. The standard InChI is InChI=1S/C19H19F3N2O4/c1-27-15-5-7-16(8-6-15)28-12-18(26)24-11-17(25)23-10-13-3-2-4-14(9-13)19(20,21)22/h2-9H,10-12H2,1H3,(H,23,25)(H,24,26). The number of methoxy groups -OCH3 is 1. The average molecular weight is 396 g/mol. The number of carbonyl (C=O) groups is 2. The highest BCUT2D eigenvalue weighted by molar-refractivity contribution is 5.85. The van der Waals surface area contributed by atoms with Crippen LogP contribution in [0.2, 0.25) is 0 Å². The van der Waals surface area contributed by atoms with E-state index in [0.29, 0.717) is 17.1 Å². The average Bonchev–Trinajstić information content (AvgIpc) is 2.69. The lowest BCUT2D eigenvalue weighted by Gasteiger charge is -2.10. The molecule has 0 fully saturated rings. The van der Waals surface area contributed by atoms with Gasteiger partial charge in [0.1, 0.15) is 11.5 Å². The second-order valence-corrected chi connectivity index (χ2v) is 5.72. The van der Waals surface area contributed by atoms with E-state index >= 15 is 0 Å². The van der Waals surface area contributed by atoms with Gasteiger partial charge in [-0.3, -0.25) is 9.59 Å². The van der Waals surface area contributed by atoms with Gasteiger partial charge in [-0.05, 0) is 42.0 Å². The van der Waals surface area contributed by atoms with Crippen LogP contribution in [0.4, 0.5) is 13.2 Å². The maximum Gasteiger partial charge on any atom is 0.416 e. The van der Waals surface area contributed by atoms with Crippen molar-refractivity contribution in [2.45, 2.75) is 12.7 Å². The summed E-state index contributed by atoms with van der Waals surface area (Å²) in [4.78, 5) is 23.5. The molecule has 0 heterocycles. The third-order valence-electron chi connectivity index (χ3n) is 3.62. The molecule has 2 N–H and O–H groups in total. The molecule has 0 aliphatic heterocycles. The normalized spacial score (nSPS) is 10.9. The smallest absolute Gasteiger partial charge is 0.416 e. The predicted octanol–water partition coefficient (Wildman–Crippen LogP) is 2.53. The SMILES string of the molecule is COc1ccc(OCC(=O)NCC(=O)NCc2cccc(C(F)(F)F)c2)cc1. The van der Waals surface area contributed by atoms with Crippen LogP contribution in [0.15, 0.2) is 48.5 Å². The molecule has 0 aliphatic rings. The third-order valence-corrected chi connectivity index (χ3v) is 3.62. The molecule has 6 nitrogen and oxygen atoms in total. The summed E-state index contributed by atoms with van der Waals surface area (Å²) in [5.74, 6) is 0.0689. The number of carbonyl (C=O) groups excluding carboxylic acids is 2. The van der Waals surface area contributed by atoms with Crippen LogP contribution in [0, 0.1) is 0 Å². The summed E-state index contributed by atoms with van der Waals surface area (Å²) in [5.41, 5.74) is -0.486. The molecule has 150 valence electrons. The van der Waals surface area contributed by atoms with Gasteiger partial charge in [0.05, 0.1) is 19.2 Å². The largest absolute Gasteiger partial charge is 0.497 e. The number of hydrogen-bond donors (Lipinski definition) is 2. The Morgan fingerprint density at radius 3 is 2.29 bits per heavy atom. The lowest BCUT2D eigenvalue weighted by molar-refractivity contribution is -0.137. The molecule has 0 saturated carbocycles. The van der Waals surface area contributed by atoms with Crippen molar-refractivity contribution in [1.82, 2.24) is 10.6 Å². The fourth-order valence-corrected chi connectivity index (χ4v) is 2.17. The van der Waals surface area contributed by atoms with Crippen LogP contribution in [0.5, 0.6) is 11.5 Å². The Balaban J connectivity index is 1.71. The zero-order valence-corrected chi connectivity index (χ0v) is 15.0.